The standard InChI is InChI=1S/C13H20N2O4/c1-13(2,8-15-11-17)9-19-12(18)6-4-3-5-7-14-10-16/h3-9H2,1-2H3. The van der Waals surface area contributed by atoms with Gasteiger partial charge < -0.3 is 4.74 Å². The van der Waals surface area contributed by atoms with Gasteiger partial charge in [0.25, 0.3) is 0 Å². The second-order valence-corrected chi connectivity index (χ2v) is 5.02. The van der Waals surface area contributed by atoms with E-state index in [1.54, 1.807) is 0 Å². The Bertz CT molecular complexity index is 367. The molecular formula is C13H20N2O4. The molecule has 0 aromatic heterocycles. The zero-order chi connectivity index (χ0) is 14.6. The van der Waals surface area contributed by atoms with Gasteiger partial charge in [-0.25, -0.2) is 19.6 Å². The number of carbonyl (C=O) groups is 1. The number of carbonyl (C=O) groups excluding carboxylic acids is 3. The Kier molecular flexibility index (Phi) is 9.23. The number of unbranched alkanes of at least 4 members (excludes halogenated alkanes) is 2. The number of hydrogen-bond acceptors (Lipinski definition) is 6. The third kappa shape index (κ3) is 11.1. The second kappa shape index (κ2) is 10.2. The normalized spacial score (nSPS) is 10.2. The van der Waals surface area contributed by atoms with Gasteiger partial charge in [-0.15, -0.1) is 0 Å². The molecule has 6 heteroatoms. The first-order valence-electron chi connectivity index (χ1n) is 6.25. The molecule has 0 aromatic carbocycles. The molecule has 6 nitrogen and oxygen atoms in total. The van der Waals surface area contributed by atoms with Crippen molar-refractivity contribution in [3.8, 4) is 0 Å². The minimum absolute atomic E-state index is 0.229. The van der Waals surface area contributed by atoms with E-state index in [4.69, 9.17) is 4.74 Å². The molecule has 0 saturated carbocycles. The van der Waals surface area contributed by atoms with Gasteiger partial charge in [0.1, 0.15) is 0 Å². The molecule has 0 rings (SSSR count). The highest BCUT2D eigenvalue weighted by Gasteiger charge is 2.19. The second-order valence-electron chi connectivity index (χ2n) is 5.02. The molecule has 0 spiro atoms. The summed E-state index contributed by atoms with van der Waals surface area (Å²) in [6, 6.07) is 0. The first kappa shape index (κ1) is 17.2. The summed E-state index contributed by atoms with van der Waals surface area (Å²) in [6.45, 7) is 4.69. The Hall–Kier alpha value is -1.77. The van der Waals surface area contributed by atoms with Crippen LogP contribution >= 0.6 is 0 Å². The van der Waals surface area contributed by atoms with Crippen molar-refractivity contribution in [2.45, 2.75) is 39.5 Å². The van der Waals surface area contributed by atoms with Gasteiger partial charge in [0.05, 0.1) is 19.7 Å². The Labute approximate surface area is 113 Å². The molecule has 0 unspecified atom stereocenters. The number of rotatable bonds is 10. The summed E-state index contributed by atoms with van der Waals surface area (Å²) in [4.78, 5) is 38.2. The molecule has 19 heavy (non-hydrogen) atoms. The van der Waals surface area contributed by atoms with Crippen molar-refractivity contribution in [3.05, 3.63) is 0 Å². The summed E-state index contributed by atoms with van der Waals surface area (Å²) >= 11 is 0. The zero-order valence-electron chi connectivity index (χ0n) is 11.5. The lowest BCUT2D eigenvalue weighted by atomic mass is 9.95. The maximum atomic E-state index is 11.4. The summed E-state index contributed by atoms with van der Waals surface area (Å²) in [5, 5.41) is 0. The van der Waals surface area contributed by atoms with Crippen LogP contribution in [0, 0.1) is 5.41 Å². The smallest absolute Gasteiger partial charge is 0.305 e. The molecule has 106 valence electrons. The molecule has 0 fully saturated rings. The van der Waals surface area contributed by atoms with Crippen LogP contribution in [0.4, 0.5) is 0 Å². The van der Waals surface area contributed by atoms with E-state index in [1.165, 1.54) is 12.2 Å². The van der Waals surface area contributed by atoms with Crippen LogP contribution in [-0.4, -0.2) is 37.8 Å². The summed E-state index contributed by atoms with van der Waals surface area (Å²) in [5.41, 5.74) is -0.355. The van der Waals surface area contributed by atoms with Gasteiger partial charge in [-0.2, -0.15) is 0 Å². The highest BCUT2D eigenvalue weighted by atomic mass is 16.5. The van der Waals surface area contributed by atoms with Gasteiger partial charge in [-0.05, 0) is 12.8 Å². The molecule has 0 saturated heterocycles. The molecule has 0 aromatic rings. The average Bonchev–Trinajstić information content (AvgIpc) is 2.38. The molecule has 0 N–H and O–H groups in total. The molecule has 0 aliphatic rings. The molecule has 0 heterocycles. The first-order chi connectivity index (χ1) is 9.02. The van der Waals surface area contributed by atoms with E-state index >= 15 is 0 Å². The number of isocyanates is 2. The number of esters is 1. The summed E-state index contributed by atoms with van der Waals surface area (Å²) < 4.78 is 5.12. The molecular weight excluding hydrogens is 248 g/mol. The summed E-state index contributed by atoms with van der Waals surface area (Å²) in [6.07, 6.45) is 5.57. The lowest BCUT2D eigenvalue weighted by Crippen LogP contribution is -2.24. The summed E-state index contributed by atoms with van der Waals surface area (Å²) in [5.74, 6) is -0.262. The van der Waals surface area contributed by atoms with Crippen LogP contribution in [0.3, 0.4) is 0 Å². The lowest BCUT2D eigenvalue weighted by Gasteiger charge is -2.20. The van der Waals surface area contributed by atoms with Gasteiger partial charge in [0, 0.05) is 11.8 Å². The van der Waals surface area contributed by atoms with Crippen molar-refractivity contribution in [1.29, 1.82) is 0 Å². The quantitative estimate of drug-likeness (QED) is 0.261. The fourth-order valence-corrected chi connectivity index (χ4v) is 1.32. The van der Waals surface area contributed by atoms with E-state index in [-0.39, 0.29) is 24.5 Å². The Morgan fingerprint density at radius 1 is 1.11 bits per heavy atom. The van der Waals surface area contributed by atoms with Crippen molar-refractivity contribution in [2.75, 3.05) is 19.7 Å². The Morgan fingerprint density at radius 3 is 2.42 bits per heavy atom. The fraction of sp³-hybridized carbons (Fsp3) is 0.769. The van der Waals surface area contributed by atoms with Gasteiger partial charge in [0.2, 0.25) is 12.2 Å². The van der Waals surface area contributed by atoms with Crippen LogP contribution in [0.1, 0.15) is 39.5 Å². The van der Waals surface area contributed by atoms with Crippen molar-refractivity contribution in [3.63, 3.8) is 0 Å². The number of ether oxygens (including phenoxy) is 1. The molecule has 0 atom stereocenters. The molecule has 0 amide bonds. The van der Waals surface area contributed by atoms with Crippen LogP contribution in [-0.2, 0) is 19.1 Å². The van der Waals surface area contributed by atoms with Crippen molar-refractivity contribution >= 4 is 18.1 Å². The maximum Gasteiger partial charge on any atom is 0.305 e. The minimum atomic E-state index is -0.355. The summed E-state index contributed by atoms with van der Waals surface area (Å²) in [7, 11) is 0. The van der Waals surface area contributed by atoms with Crippen molar-refractivity contribution < 1.29 is 19.1 Å². The fourth-order valence-electron chi connectivity index (χ4n) is 1.32. The van der Waals surface area contributed by atoms with Gasteiger partial charge in [-0.1, -0.05) is 20.3 Å². The zero-order valence-corrected chi connectivity index (χ0v) is 11.5. The van der Waals surface area contributed by atoms with Crippen LogP contribution in [0.5, 0.6) is 0 Å². The predicted octanol–water partition coefficient (Wildman–Crippen LogP) is 1.79. The monoisotopic (exact) mass is 268 g/mol. The molecule has 0 bridgehead atoms. The number of nitrogens with zero attached hydrogens (tertiary/aromatic N) is 2. The van der Waals surface area contributed by atoms with Gasteiger partial charge in [-0.3, -0.25) is 4.79 Å². The van der Waals surface area contributed by atoms with Crippen molar-refractivity contribution in [1.82, 2.24) is 0 Å². The van der Waals surface area contributed by atoms with E-state index in [0.29, 0.717) is 19.4 Å². The highest BCUT2D eigenvalue weighted by molar-refractivity contribution is 5.69. The maximum absolute atomic E-state index is 11.4. The predicted molar refractivity (Wildman–Crippen MR) is 69.2 cm³/mol. The van der Waals surface area contributed by atoms with E-state index in [9.17, 15) is 14.4 Å². The number of hydrogen-bond donors (Lipinski definition) is 0. The first-order valence-corrected chi connectivity index (χ1v) is 6.25. The third-order valence-corrected chi connectivity index (χ3v) is 2.41. The van der Waals surface area contributed by atoms with E-state index in [1.807, 2.05) is 13.8 Å². The highest BCUT2D eigenvalue weighted by Crippen LogP contribution is 2.16. The molecule has 0 aliphatic carbocycles. The van der Waals surface area contributed by atoms with Gasteiger partial charge >= 0.3 is 5.97 Å². The molecule has 0 radical (unpaired) electrons. The van der Waals surface area contributed by atoms with Crippen LogP contribution < -0.4 is 0 Å². The topological polar surface area (TPSA) is 85.2 Å². The lowest BCUT2D eigenvalue weighted by molar-refractivity contribution is -0.146. The van der Waals surface area contributed by atoms with Crippen LogP contribution in [0.25, 0.3) is 0 Å². The van der Waals surface area contributed by atoms with Gasteiger partial charge in [0.15, 0.2) is 0 Å². The van der Waals surface area contributed by atoms with E-state index in [0.717, 1.165) is 12.8 Å². The number of aliphatic imine (C=N–C) groups is 2. The Morgan fingerprint density at radius 2 is 1.79 bits per heavy atom. The van der Waals surface area contributed by atoms with Crippen LogP contribution in [0.2, 0.25) is 0 Å². The van der Waals surface area contributed by atoms with E-state index < -0.39 is 0 Å². The average molecular weight is 268 g/mol. The largest absolute Gasteiger partial charge is 0.465 e. The Balaban J connectivity index is 3.69. The minimum Gasteiger partial charge on any atom is -0.465 e. The third-order valence-electron chi connectivity index (χ3n) is 2.41. The van der Waals surface area contributed by atoms with Crippen LogP contribution in [0.15, 0.2) is 9.98 Å². The van der Waals surface area contributed by atoms with Crippen molar-refractivity contribution in [2.24, 2.45) is 15.4 Å². The molecule has 0 aliphatic heterocycles. The SMILES string of the molecule is CC(C)(CN=C=O)COC(=O)CCCCCN=C=O. The van der Waals surface area contributed by atoms with E-state index in [2.05, 4.69) is 9.98 Å².